The van der Waals surface area contributed by atoms with E-state index in [4.69, 9.17) is 4.42 Å². The molecule has 0 aliphatic carbocycles. The molecule has 3 nitrogen and oxygen atoms in total. The Morgan fingerprint density at radius 2 is 2.14 bits per heavy atom. The van der Waals surface area contributed by atoms with Crippen molar-refractivity contribution in [3.05, 3.63) is 24.6 Å². The molecule has 14 heavy (non-hydrogen) atoms. The number of alkyl halides is 3. The van der Waals surface area contributed by atoms with Crippen LogP contribution in [-0.2, 0) is 0 Å². The maximum Gasteiger partial charge on any atom is 0.573 e. The third-order valence-corrected chi connectivity index (χ3v) is 1.49. The molecular weight excluding hydrogens is 199 g/mol. The molecule has 6 heteroatoms. The third-order valence-electron chi connectivity index (χ3n) is 1.49. The van der Waals surface area contributed by atoms with E-state index in [2.05, 4.69) is 16.1 Å². The smallest absolute Gasteiger partial charge is 0.432 e. The molecule has 0 amide bonds. The number of ether oxygens (including phenoxy) is 1. The molecular formula is C8H3F3NO2. The van der Waals surface area contributed by atoms with Gasteiger partial charge in [0.2, 0.25) is 0 Å². The van der Waals surface area contributed by atoms with Crippen LogP contribution in [-0.4, -0.2) is 11.3 Å². The van der Waals surface area contributed by atoms with Gasteiger partial charge in [-0.15, -0.1) is 13.2 Å². The van der Waals surface area contributed by atoms with Gasteiger partial charge in [-0.3, -0.25) is 0 Å². The second-order valence-corrected chi connectivity index (χ2v) is 2.48. The topological polar surface area (TPSA) is 35.3 Å². The van der Waals surface area contributed by atoms with Crippen molar-refractivity contribution in [2.24, 2.45) is 0 Å². The first-order valence-electron chi connectivity index (χ1n) is 3.57. The Morgan fingerprint density at radius 1 is 1.36 bits per heavy atom. The van der Waals surface area contributed by atoms with Crippen LogP contribution in [0.1, 0.15) is 0 Å². The van der Waals surface area contributed by atoms with Gasteiger partial charge >= 0.3 is 6.36 Å². The number of benzene rings is 1. The Labute approximate surface area is 76.1 Å². The van der Waals surface area contributed by atoms with Crippen LogP contribution in [0.2, 0.25) is 0 Å². The van der Waals surface area contributed by atoms with Crippen molar-refractivity contribution in [1.29, 1.82) is 0 Å². The number of rotatable bonds is 1. The average Bonchev–Trinajstić information content (AvgIpc) is 2.47. The van der Waals surface area contributed by atoms with Crippen molar-refractivity contribution < 1.29 is 22.3 Å². The lowest BCUT2D eigenvalue weighted by Crippen LogP contribution is -2.16. The van der Waals surface area contributed by atoms with Crippen molar-refractivity contribution in [1.82, 2.24) is 4.98 Å². The van der Waals surface area contributed by atoms with E-state index in [1.807, 2.05) is 0 Å². The van der Waals surface area contributed by atoms with Crippen molar-refractivity contribution in [3.63, 3.8) is 0 Å². The zero-order valence-electron chi connectivity index (χ0n) is 6.63. The zero-order valence-corrected chi connectivity index (χ0v) is 6.63. The quantitative estimate of drug-likeness (QED) is 0.712. The Bertz CT molecular complexity index is 449. The molecule has 1 radical (unpaired) electrons. The predicted molar refractivity (Wildman–Crippen MR) is 39.5 cm³/mol. The summed E-state index contributed by atoms with van der Waals surface area (Å²) < 4.78 is 43.8. The maximum atomic E-state index is 11.8. The monoisotopic (exact) mass is 202 g/mol. The number of aromatic nitrogens is 1. The molecule has 0 spiro atoms. The Balaban J connectivity index is 2.35. The fourth-order valence-electron chi connectivity index (χ4n) is 0.989. The highest BCUT2D eigenvalue weighted by molar-refractivity contribution is 5.73. The van der Waals surface area contributed by atoms with Crippen LogP contribution in [0.3, 0.4) is 0 Å². The molecule has 1 heterocycles. The minimum absolute atomic E-state index is 0.270. The third kappa shape index (κ3) is 1.78. The summed E-state index contributed by atoms with van der Waals surface area (Å²) in [5.41, 5.74) is 0.631. The fourth-order valence-corrected chi connectivity index (χ4v) is 0.989. The van der Waals surface area contributed by atoms with Crippen LogP contribution >= 0.6 is 0 Å². The van der Waals surface area contributed by atoms with Crippen LogP contribution < -0.4 is 4.74 Å². The summed E-state index contributed by atoms with van der Waals surface area (Å²) in [4.78, 5) is 3.57. The number of oxazole rings is 1. The minimum Gasteiger partial charge on any atom is -0.432 e. The highest BCUT2D eigenvalue weighted by Crippen LogP contribution is 2.25. The Kier molecular flexibility index (Phi) is 1.83. The minimum atomic E-state index is -4.69. The number of halogens is 3. The summed E-state index contributed by atoms with van der Waals surface area (Å²) in [5, 5.41) is 0. The molecule has 0 fully saturated rings. The number of fused-ring (bicyclic) bond motifs is 1. The maximum absolute atomic E-state index is 11.8. The highest BCUT2D eigenvalue weighted by atomic mass is 19.4. The first-order chi connectivity index (χ1) is 6.54. The summed E-state index contributed by atoms with van der Waals surface area (Å²) in [6, 6.07) is 3.61. The summed E-state index contributed by atoms with van der Waals surface area (Å²) >= 11 is 0. The van der Waals surface area contributed by atoms with Gasteiger partial charge in [0.1, 0.15) is 11.3 Å². The van der Waals surface area contributed by atoms with Gasteiger partial charge in [-0.25, -0.2) is 4.98 Å². The molecule has 0 aliphatic heterocycles. The van der Waals surface area contributed by atoms with E-state index in [0.717, 1.165) is 12.1 Å². The zero-order chi connectivity index (χ0) is 10.2. The summed E-state index contributed by atoms with van der Waals surface area (Å²) in [6.45, 7) is 0. The largest absolute Gasteiger partial charge is 0.573 e. The van der Waals surface area contributed by atoms with E-state index in [9.17, 15) is 13.2 Å². The van der Waals surface area contributed by atoms with Gasteiger partial charge in [-0.2, -0.15) is 0 Å². The number of hydrogen-bond acceptors (Lipinski definition) is 3. The summed E-state index contributed by atoms with van der Waals surface area (Å²) in [6.07, 6.45) is -2.53. The summed E-state index contributed by atoms with van der Waals surface area (Å²) in [7, 11) is 0. The molecule has 2 rings (SSSR count). The van der Waals surface area contributed by atoms with Crippen LogP contribution in [0.5, 0.6) is 5.75 Å². The highest BCUT2D eigenvalue weighted by Gasteiger charge is 2.31. The van der Waals surface area contributed by atoms with Gasteiger partial charge in [0.25, 0.3) is 6.39 Å². The number of nitrogens with zero attached hydrogens (tertiary/aromatic N) is 1. The molecule has 0 bridgehead atoms. The lowest BCUT2D eigenvalue weighted by molar-refractivity contribution is -0.274. The van der Waals surface area contributed by atoms with E-state index >= 15 is 0 Å². The number of hydrogen-bond donors (Lipinski definition) is 0. The average molecular weight is 202 g/mol. The van der Waals surface area contributed by atoms with Crippen LogP contribution in [0.15, 0.2) is 22.6 Å². The molecule has 1 aromatic heterocycles. The lowest BCUT2D eigenvalue weighted by Gasteiger charge is -2.07. The van der Waals surface area contributed by atoms with E-state index in [-0.39, 0.29) is 11.3 Å². The lowest BCUT2D eigenvalue weighted by atomic mass is 10.3. The van der Waals surface area contributed by atoms with Crippen molar-refractivity contribution in [2.45, 2.75) is 6.36 Å². The second-order valence-electron chi connectivity index (χ2n) is 2.48. The normalized spacial score (nSPS) is 11.9. The molecule has 73 valence electrons. The van der Waals surface area contributed by atoms with Gasteiger partial charge in [-0.1, -0.05) is 0 Å². The van der Waals surface area contributed by atoms with Crippen molar-refractivity contribution >= 4 is 11.1 Å². The Hall–Kier alpha value is -1.72. The fraction of sp³-hybridized carbons (Fsp3) is 0.125. The van der Waals surface area contributed by atoms with Gasteiger partial charge < -0.3 is 9.15 Å². The van der Waals surface area contributed by atoms with E-state index in [1.165, 1.54) is 6.07 Å². The SMILES string of the molecule is FC(F)(F)Oc1ccc2o[c]nc2c1. The van der Waals surface area contributed by atoms with E-state index < -0.39 is 6.36 Å². The second kappa shape index (κ2) is 2.90. The molecule has 0 atom stereocenters. The van der Waals surface area contributed by atoms with Crippen LogP contribution in [0, 0.1) is 6.39 Å². The van der Waals surface area contributed by atoms with Crippen LogP contribution in [0.4, 0.5) is 13.2 Å². The van der Waals surface area contributed by atoms with E-state index in [0.29, 0.717) is 5.58 Å². The molecule has 0 N–H and O–H groups in total. The first kappa shape index (κ1) is 8.86. The standard InChI is InChI=1S/C8H3F3NO2/c9-8(10,11)14-5-1-2-7-6(3-5)12-4-13-7/h1-3H. The molecule has 2 aromatic rings. The van der Waals surface area contributed by atoms with Crippen molar-refractivity contribution in [2.75, 3.05) is 0 Å². The van der Waals surface area contributed by atoms with Gasteiger partial charge in [0, 0.05) is 6.07 Å². The Morgan fingerprint density at radius 3 is 2.86 bits per heavy atom. The van der Waals surface area contributed by atoms with Gasteiger partial charge in [-0.05, 0) is 12.1 Å². The summed E-state index contributed by atoms with van der Waals surface area (Å²) in [5.74, 6) is -0.327. The van der Waals surface area contributed by atoms with E-state index in [1.54, 1.807) is 0 Å². The predicted octanol–water partition coefficient (Wildman–Crippen LogP) is 2.53. The molecule has 1 aromatic carbocycles. The molecule has 0 saturated heterocycles. The molecule has 0 saturated carbocycles. The van der Waals surface area contributed by atoms with Crippen LogP contribution in [0.25, 0.3) is 11.1 Å². The van der Waals surface area contributed by atoms with Gasteiger partial charge in [0.15, 0.2) is 5.58 Å². The van der Waals surface area contributed by atoms with Gasteiger partial charge in [0.05, 0.1) is 0 Å². The molecule has 0 aliphatic rings. The first-order valence-corrected chi connectivity index (χ1v) is 3.57. The molecule has 0 unspecified atom stereocenters. The van der Waals surface area contributed by atoms with Crippen molar-refractivity contribution in [3.8, 4) is 5.75 Å².